The normalized spacial score (nSPS) is 11.0. The van der Waals surface area contributed by atoms with Crippen LogP contribution in [0.15, 0.2) is 0 Å². The average Bonchev–Trinajstić information content (AvgIpc) is 2.38. The van der Waals surface area contributed by atoms with Crippen LogP contribution in [0.25, 0.3) is 0 Å². The third kappa shape index (κ3) is 13.3. The zero-order valence-electron chi connectivity index (χ0n) is 13.1. The Morgan fingerprint density at radius 2 is 1.33 bits per heavy atom. The van der Waals surface area contributed by atoms with Crippen LogP contribution in [0.4, 0.5) is 0 Å². The summed E-state index contributed by atoms with van der Waals surface area (Å²) < 4.78 is 0. The highest BCUT2D eigenvalue weighted by molar-refractivity contribution is 5.75. The summed E-state index contributed by atoms with van der Waals surface area (Å²) in [5.41, 5.74) is 10.3. The molecule has 0 aromatic carbocycles. The Morgan fingerprint density at radius 1 is 0.810 bits per heavy atom. The van der Waals surface area contributed by atoms with Crippen LogP contribution < -0.4 is 11.5 Å². The molecule has 0 aromatic rings. The Hall–Kier alpha value is -1.47. The Balaban J connectivity index is 3.99. The van der Waals surface area contributed by atoms with Crippen LogP contribution in [0.5, 0.6) is 0 Å². The Bertz CT molecular complexity index is 329. The van der Waals surface area contributed by atoms with Gasteiger partial charge >= 0.3 is 0 Å². The zero-order valence-corrected chi connectivity index (χ0v) is 13.1. The highest BCUT2D eigenvalue weighted by Crippen LogP contribution is 1.99. The van der Waals surface area contributed by atoms with Crippen LogP contribution in [0, 0.1) is 0 Å². The number of hydrogen-bond acceptors (Lipinski definition) is 5. The number of ketones is 1. The van der Waals surface area contributed by atoms with Crippen molar-refractivity contribution in [1.82, 2.24) is 9.80 Å². The van der Waals surface area contributed by atoms with E-state index in [0.29, 0.717) is 38.9 Å². The number of nitrogens with two attached hydrogens (primary N) is 2. The number of amides is 2. The topological polar surface area (TPSA) is 110 Å². The molecular weight excluding hydrogens is 272 g/mol. The molecular formula is C14H28N4O3. The standard InChI is InChI=1S/C14H28N4O3/c1-12(19)4-10-18(11-6-14(16)21)8-3-7-17(2)9-5-13(15)20/h3-11H2,1-2H3,(H2,15,20)(H2,16,21). The second-order valence-corrected chi connectivity index (χ2v) is 5.38. The van der Waals surface area contributed by atoms with Gasteiger partial charge in [0.25, 0.3) is 0 Å². The summed E-state index contributed by atoms with van der Waals surface area (Å²) in [7, 11) is 1.94. The number of Topliss-reactive ketones (excluding diaryl/α,β-unsaturated/α-hetero) is 1. The van der Waals surface area contributed by atoms with Crippen molar-refractivity contribution in [2.24, 2.45) is 11.5 Å². The van der Waals surface area contributed by atoms with Crippen molar-refractivity contribution in [3.05, 3.63) is 0 Å². The van der Waals surface area contributed by atoms with Crippen LogP contribution in [0.1, 0.15) is 32.6 Å². The fourth-order valence-corrected chi connectivity index (χ4v) is 1.90. The van der Waals surface area contributed by atoms with Crippen molar-refractivity contribution in [3.8, 4) is 0 Å². The monoisotopic (exact) mass is 300 g/mol. The maximum Gasteiger partial charge on any atom is 0.218 e. The molecule has 0 rings (SSSR count). The molecule has 122 valence electrons. The maximum absolute atomic E-state index is 11.0. The maximum atomic E-state index is 11.0. The molecule has 0 aliphatic heterocycles. The van der Waals surface area contributed by atoms with Gasteiger partial charge in [-0.25, -0.2) is 0 Å². The lowest BCUT2D eigenvalue weighted by Crippen LogP contribution is -2.33. The number of primary amides is 2. The van der Waals surface area contributed by atoms with Gasteiger partial charge in [-0.05, 0) is 33.5 Å². The number of nitrogens with zero attached hydrogens (tertiary/aromatic N) is 2. The summed E-state index contributed by atoms with van der Waals surface area (Å²) in [5, 5.41) is 0. The van der Waals surface area contributed by atoms with E-state index >= 15 is 0 Å². The second-order valence-electron chi connectivity index (χ2n) is 5.38. The third-order valence-corrected chi connectivity index (χ3v) is 3.21. The predicted molar refractivity (Wildman–Crippen MR) is 81.5 cm³/mol. The van der Waals surface area contributed by atoms with Gasteiger partial charge in [-0.3, -0.25) is 14.4 Å². The molecule has 0 radical (unpaired) electrons. The van der Waals surface area contributed by atoms with Crippen molar-refractivity contribution in [2.75, 3.05) is 39.8 Å². The van der Waals surface area contributed by atoms with E-state index in [9.17, 15) is 14.4 Å². The molecule has 4 N–H and O–H groups in total. The molecule has 21 heavy (non-hydrogen) atoms. The molecule has 0 spiro atoms. The SMILES string of the molecule is CC(=O)CCN(CCCN(C)CCC(N)=O)CCC(N)=O. The molecule has 2 amide bonds. The van der Waals surface area contributed by atoms with Gasteiger partial charge in [-0.15, -0.1) is 0 Å². The molecule has 0 heterocycles. The van der Waals surface area contributed by atoms with Crippen molar-refractivity contribution in [1.29, 1.82) is 0 Å². The third-order valence-electron chi connectivity index (χ3n) is 3.21. The van der Waals surface area contributed by atoms with Crippen molar-refractivity contribution < 1.29 is 14.4 Å². The molecule has 0 aromatic heterocycles. The van der Waals surface area contributed by atoms with E-state index in [1.807, 2.05) is 11.9 Å². The quantitative estimate of drug-likeness (QED) is 0.469. The van der Waals surface area contributed by atoms with E-state index in [-0.39, 0.29) is 17.6 Å². The molecule has 7 heteroatoms. The van der Waals surface area contributed by atoms with Crippen LogP contribution in [0.3, 0.4) is 0 Å². The highest BCUT2D eigenvalue weighted by Gasteiger charge is 2.09. The lowest BCUT2D eigenvalue weighted by molar-refractivity contribution is -0.119. The average molecular weight is 300 g/mol. The van der Waals surface area contributed by atoms with Gasteiger partial charge in [0.1, 0.15) is 5.78 Å². The largest absolute Gasteiger partial charge is 0.370 e. The van der Waals surface area contributed by atoms with E-state index in [4.69, 9.17) is 11.5 Å². The lowest BCUT2D eigenvalue weighted by Gasteiger charge is -2.23. The minimum absolute atomic E-state index is 0.137. The number of carbonyl (C=O) groups is 3. The van der Waals surface area contributed by atoms with Gasteiger partial charge < -0.3 is 21.3 Å². The summed E-state index contributed by atoms with van der Waals surface area (Å²) in [6.07, 6.45) is 2.03. The Kier molecular flexibility index (Phi) is 10.4. The molecule has 0 saturated heterocycles. The van der Waals surface area contributed by atoms with Crippen LogP contribution in [0.2, 0.25) is 0 Å². The van der Waals surface area contributed by atoms with E-state index in [0.717, 1.165) is 19.5 Å². The van der Waals surface area contributed by atoms with Gasteiger partial charge in [0.15, 0.2) is 0 Å². The van der Waals surface area contributed by atoms with Crippen molar-refractivity contribution in [3.63, 3.8) is 0 Å². The number of rotatable bonds is 13. The molecule has 7 nitrogen and oxygen atoms in total. The molecule has 0 bridgehead atoms. The first-order chi connectivity index (χ1) is 9.81. The minimum Gasteiger partial charge on any atom is -0.370 e. The van der Waals surface area contributed by atoms with Gasteiger partial charge in [-0.1, -0.05) is 0 Å². The Morgan fingerprint density at radius 3 is 1.86 bits per heavy atom. The van der Waals surface area contributed by atoms with Gasteiger partial charge in [-0.2, -0.15) is 0 Å². The number of carbonyl (C=O) groups excluding carboxylic acids is 3. The molecule has 0 fully saturated rings. The van der Waals surface area contributed by atoms with Crippen molar-refractivity contribution >= 4 is 17.6 Å². The van der Waals surface area contributed by atoms with Crippen molar-refractivity contribution in [2.45, 2.75) is 32.6 Å². The fraction of sp³-hybridized carbons (Fsp3) is 0.786. The molecule has 0 aliphatic carbocycles. The first-order valence-electron chi connectivity index (χ1n) is 7.28. The zero-order chi connectivity index (χ0) is 16.3. The molecule has 0 saturated carbocycles. The minimum atomic E-state index is -0.332. The van der Waals surface area contributed by atoms with Crippen LogP contribution >= 0.6 is 0 Å². The molecule has 0 aliphatic rings. The van der Waals surface area contributed by atoms with E-state index in [2.05, 4.69) is 4.90 Å². The highest BCUT2D eigenvalue weighted by atomic mass is 16.1. The first kappa shape index (κ1) is 19.5. The summed E-state index contributed by atoms with van der Waals surface area (Å²) in [5.74, 6) is -0.495. The summed E-state index contributed by atoms with van der Waals surface area (Å²) in [6, 6.07) is 0. The van der Waals surface area contributed by atoms with Crippen LogP contribution in [-0.4, -0.2) is 67.2 Å². The van der Waals surface area contributed by atoms with Gasteiger partial charge in [0, 0.05) is 38.9 Å². The molecule has 0 atom stereocenters. The summed E-state index contributed by atoms with van der Waals surface area (Å²) in [4.78, 5) is 36.7. The van der Waals surface area contributed by atoms with Crippen LogP contribution in [-0.2, 0) is 14.4 Å². The first-order valence-corrected chi connectivity index (χ1v) is 7.28. The Labute approximate surface area is 126 Å². The molecule has 0 unspecified atom stereocenters. The van der Waals surface area contributed by atoms with Gasteiger partial charge in [0.2, 0.25) is 11.8 Å². The smallest absolute Gasteiger partial charge is 0.218 e. The summed E-state index contributed by atoms with van der Waals surface area (Å²) in [6.45, 7) is 5.05. The second kappa shape index (κ2) is 11.2. The van der Waals surface area contributed by atoms with E-state index in [1.165, 1.54) is 0 Å². The summed E-state index contributed by atoms with van der Waals surface area (Å²) >= 11 is 0. The van der Waals surface area contributed by atoms with E-state index < -0.39 is 0 Å². The van der Waals surface area contributed by atoms with Gasteiger partial charge in [0.05, 0.1) is 0 Å². The lowest BCUT2D eigenvalue weighted by atomic mass is 10.2. The van der Waals surface area contributed by atoms with E-state index in [1.54, 1.807) is 6.92 Å². The predicted octanol–water partition coefficient (Wildman–Crippen LogP) is -0.660. The number of hydrogen-bond donors (Lipinski definition) is 2. The fourth-order valence-electron chi connectivity index (χ4n) is 1.90.